The number of para-hydroxylation sites is 1. The molecule has 12 nitrogen and oxygen atoms in total. The van der Waals surface area contributed by atoms with E-state index in [1.165, 1.54) is 45.5 Å². The minimum Gasteiger partial charge on any atom is -0.482 e. The standard InChI is InChI=1S/C16H17N5O7S/c1-21-13(22)8-28-9-5-4-6-10(14(9)21)29(24,25)20-16(23)19-15-17-11(26-2)7-12(18-15)27-3/h4-7H,8H2,1-3H3,(H2,17,18,19,20,23). The number of carbonyl (C=O) groups excluding carboxylic acids is 2. The van der Waals surface area contributed by atoms with Gasteiger partial charge >= 0.3 is 6.03 Å². The molecule has 13 heteroatoms. The monoisotopic (exact) mass is 423 g/mol. The van der Waals surface area contributed by atoms with Crippen molar-refractivity contribution in [2.24, 2.45) is 0 Å². The number of methoxy groups -OCH3 is 2. The summed E-state index contributed by atoms with van der Waals surface area (Å²) in [5.74, 6) is -0.258. The lowest BCUT2D eigenvalue weighted by atomic mass is 10.2. The van der Waals surface area contributed by atoms with Crippen LogP contribution in [-0.2, 0) is 14.8 Å². The van der Waals surface area contributed by atoms with E-state index in [1.54, 1.807) is 0 Å². The molecule has 0 bridgehead atoms. The van der Waals surface area contributed by atoms with Gasteiger partial charge < -0.3 is 19.1 Å². The van der Waals surface area contributed by atoms with Crippen LogP contribution in [0.4, 0.5) is 16.4 Å². The molecule has 3 amide bonds. The molecule has 2 aromatic rings. The lowest BCUT2D eigenvalue weighted by molar-refractivity contribution is -0.121. The first kappa shape index (κ1) is 20.1. The minimum absolute atomic E-state index is 0.0309. The van der Waals surface area contributed by atoms with E-state index in [1.807, 2.05) is 4.72 Å². The molecule has 0 fully saturated rings. The number of anilines is 2. The Balaban J connectivity index is 1.86. The van der Waals surface area contributed by atoms with Gasteiger partial charge in [-0.25, -0.2) is 17.9 Å². The number of carbonyl (C=O) groups is 2. The Hall–Kier alpha value is -3.61. The smallest absolute Gasteiger partial charge is 0.335 e. The number of nitrogens with zero attached hydrogens (tertiary/aromatic N) is 3. The van der Waals surface area contributed by atoms with Crippen molar-refractivity contribution in [3.63, 3.8) is 0 Å². The second-order valence-corrected chi connectivity index (χ2v) is 7.33. The van der Waals surface area contributed by atoms with Gasteiger partial charge in [0.15, 0.2) is 6.61 Å². The third-order valence-corrected chi connectivity index (χ3v) is 5.22. The molecule has 2 heterocycles. The van der Waals surface area contributed by atoms with Gasteiger partial charge in [-0.15, -0.1) is 0 Å². The highest BCUT2D eigenvalue weighted by atomic mass is 32.2. The molecule has 0 saturated carbocycles. The number of hydrogen-bond donors (Lipinski definition) is 2. The van der Waals surface area contributed by atoms with Crippen molar-refractivity contribution in [2.75, 3.05) is 38.1 Å². The Kier molecular flexibility index (Phi) is 5.41. The number of benzene rings is 1. The van der Waals surface area contributed by atoms with Crippen molar-refractivity contribution in [1.82, 2.24) is 14.7 Å². The van der Waals surface area contributed by atoms with Crippen molar-refractivity contribution in [3.05, 3.63) is 24.3 Å². The first-order chi connectivity index (χ1) is 13.7. The van der Waals surface area contributed by atoms with Crippen LogP contribution >= 0.6 is 0 Å². The summed E-state index contributed by atoms with van der Waals surface area (Å²) in [4.78, 5) is 32.7. The summed E-state index contributed by atoms with van der Waals surface area (Å²) in [7, 11) is -0.236. The molecular formula is C16H17N5O7S. The Bertz CT molecular complexity index is 1050. The molecule has 0 aliphatic carbocycles. The molecular weight excluding hydrogens is 406 g/mol. The summed E-state index contributed by atoms with van der Waals surface area (Å²) in [6, 6.07) is 4.46. The van der Waals surface area contributed by atoms with Crippen LogP contribution in [-0.4, -0.2) is 58.2 Å². The van der Waals surface area contributed by atoms with Gasteiger partial charge in [-0.1, -0.05) is 6.07 Å². The number of fused-ring (bicyclic) bond motifs is 1. The van der Waals surface area contributed by atoms with Crippen LogP contribution in [0.2, 0.25) is 0 Å². The summed E-state index contributed by atoms with van der Waals surface area (Å²) in [6.45, 7) is -0.212. The summed E-state index contributed by atoms with van der Waals surface area (Å²) < 4.78 is 42.5. The number of rotatable bonds is 5. The predicted molar refractivity (Wildman–Crippen MR) is 99.8 cm³/mol. The highest BCUT2D eigenvalue weighted by Crippen LogP contribution is 2.37. The molecule has 154 valence electrons. The van der Waals surface area contributed by atoms with Crippen LogP contribution in [0, 0.1) is 0 Å². The highest BCUT2D eigenvalue weighted by molar-refractivity contribution is 7.90. The summed E-state index contributed by atoms with van der Waals surface area (Å²) in [6.07, 6.45) is 0. The van der Waals surface area contributed by atoms with Crippen LogP contribution in [0.15, 0.2) is 29.2 Å². The molecule has 0 unspecified atom stereocenters. The molecule has 1 aliphatic rings. The first-order valence-corrected chi connectivity index (χ1v) is 9.56. The number of likely N-dealkylation sites (N-methyl/N-ethyl adjacent to an activating group) is 1. The number of ether oxygens (including phenoxy) is 3. The number of nitrogens with one attached hydrogen (secondary N) is 2. The summed E-state index contributed by atoms with van der Waals surface area (Å²) >= 11 is 0. The lowest BCUT2D eigenvalue weighted by Crippen LogP contribution is -2.39. The molecule has 1 aromatic heterocycles. The zero-order chi connectivity index (χ0) is 21.2. The van der Waals surface area contributed by atoms with E-state index in [2.05, 4.69) is 15.3 Å². The number of urea groups is 1. The Morgan fingerprint density at radius 1 is 1.21 bits per heavy atom. The van der Waals surface area contributed by atoms with E-state index in [9.17, 15) is 18.0 Å². The van der Waals surface area contributed by atoms with E-state index < -0.39 is 22.0 Å². The van der Waals surface area contributed by atoms with E-state index in [4.69, 9.17) is 14.2 Å². The molecule has 0 atom stereocenters. The fourth-order valence-corrected chi connectivity index (χ4v) is 3.66. The number of sulfonamides is 1. The van der Waals surface area contributed by atoms with Gasteiger partial charge in [0.1, 0.15) is 16.3 Å². The van der Waals surface area contributed by atoms with Gasteiger partial charge in [0.2, 0.25) is 17.7 Å². The first-order valence-electron chi connectivity index (χ1n) is 8.08. The molecule has 0 spiro atoms. The summed E-state index contributed by atoms with van der Waals surface area (Å²) in [5, 5.41) is 2.19. The van der Waals surface area contributed by atoms with Gasteiger partial charge in [0.25, 0.3) is 15.9 Å². The van der Waals surface area contributed by atoms with E-state index in [0.29, 0.717) is 0 Å². The van der Waals surface area contributed by atoms with Crippen LogP contribution in [0.1, 0.15) is 0 Å². The zero-order valence-electron chi connectivity index (χ0n) is 15.6. The molecule has 1 aromatic carbocycles. The van der Waals surface area contributed by atoms with Crippen LogP contribution in [0.3, 0.4) is 0 Å². The average molecular weight is 423 g/mol. The lowest BCUT2D eigenvalue weighted by Gasteiger charge is -2.27. The molecule has 1 aliphatic heterocycles. The number of hydrogen-bond acceptors (Lipinski definition) is 9. The second kappa shape index (κ2) is 7.79. The van der Waals surface area contributed by atoms with Crippen molar-refractivity contribution in [3.8, 4) is 17.5 Å². The Labute approximate surface area is 165 Å². The van der Waals surface area contributed by atoms with E-state index in [-0.39, 0.29) is 40.6 Å². The molecule has 0 saturated heterocycles. The fourth-order valence-electron chi connectivity index (χ4n) is 2.50. The SMILES string of the molecule is COc1cc(OC)nc(NC(=O)NS(=O)(=O)c2cccc3c2N(C)C(=O)CO3)n1. The number of amides is 3. The average Bonchev–Trinajstić information content (AvgIpc) is 2.69. The maximum Gasteiger partial charge on any atom is 0.335 e. The van der Waals surface area contributed by atoms with E-state index >= 15 is 0 Å². The normalized spacial score (nSPS) is 13.2. The molecule has 3 rings (SSSR count). The van der Waals surface area contributed by atoms with Gasteiger partial charge in [0.05, 0.1) is 20.3 Å². The van der Waals surface area contributed by atoms with Gasteiger partial charge in [0, 0.05) is 7.05 Å². The summed E-state index contributed by atoms with van der Waals surface area (Å²) in [5.41, 5.74) is 0.0309. The second-order valence-electron chi connectivity index (χ2n) is 5.68. The molecule has 2 N–H and O–H groups in total. The van der Waals surface area contributed by atoms with E-state index in [0.717, 1.165) is 4.90 Å². The van der Waals surface area contributed by atoms with Crippen LogP contribution in [0.5, 0.6) is 17.5 Å². The van der Waals surface area contributed by atoms with Gasteiger partial charge in [-0.2, -0.15) is 9.97 Å². The predicted octanol–water partition coefficient (Wildman–Crippen LogP) is 0.359. The Morgan fingerprint density at radius 3 is 2.48 bits per heavy atom. The maximum atomic E-state index is 12.7. The largest absolute Gasteiger partial charge is 0.482 e. The van der Waals surface area contributed by atoms with Crippen molar-refractivity contribution in [1.29, 1.82) is 0 Å². The molecule has 0 radical (unpaired) electrons. The van der Waals surface area contributed by atoms with Crippen molar-refractivity contribution >= 4 is 33.6 Å². The third-order valence-electron chi connectivity index (χ3n) is 3.86. The van der Waals surface area contributed by atoms with Crippen LogP contribution < -0.4 is 29.1 Å². The third kappa shape index (κ3) is 4.13. The van der Waals surface area contributed by atoms with Crippen molar-refractivity contribution < 1.29 is 32.2 Å². The minimum atomic E-state index is -4.36. The van der Waals surface area contributed by atoms with Crippen LogP contribution in [0.25, 0.3) is 0 Å². The van der Waals surface area contributed by atoms with Gasteiger partial charge in [-0.3, -0.25) is 10.1 Å². The fraction of sp³-hybridized carbons (Fsp3) is 0.250. The van der Waals surface area contributed by atoms with Gasteiger partial charge in [-0.05, 0) is 12.1 Å². The highest BCUT2D eigenvalue weighted by Gasteiger charge is 2.31. The quantitative estimate of drug-likeness (QED) is 0.695. The maximum absolute atomic E-state index is 12.7. The number of aromatic nitrogens is 2. The van der Waals surface area contributed by atoms with Crippen molar-refractivity contribution in [2.45, 2.75) is 4.90 Å². The topological polar surface area (TPSA) is 149 Å². The zero-order valence-corrected chi connectivity index (χ0v) is 16.4. The Morgan fingerprint density at radius 2 is 1.86 bits per heavy atom. The molecule has 29 heavy (non-hydrogen) atoms.